The second-order valence-corrected chi connectivity index (χ2v) is 7.11. The van der Waals surface area contributed by atoms with Gasteiger partial charge in [0.2, 0.25) is 11.8 Å². The van der Waals surface area contributed by atoms with Crippen molar-refractivity contribution < 1.29 is 9.59 Å². The Labute approximate surface area is 130 Å². The lowest BCUT2D eigenvalue weighted by Gasteiger charge is -2.39. The highest BCUT2D eigenvalue weighted by atomic mass is 32.1. The third-order valence-electron chi connectivity index (χ3n) is 3.95. The molecule has 4 nitrogen and oxygen atoms in total. The Kier molecular flexibility index (Phi) is 5.04. The third-order valence-corrected chi connectivity index (χ3v) is 4.96. The number of carbonyl (C=O) groups excluding carboxylic acids is 2. The summed E-state index contributed by atoms with van der Waals surface area (Å²) >= 11 is 1.65. The Morgan fingerprint density at radius 3 is 2.62 bits per heavy atom. The van der Waals surface area contributed by atoms with Crippen LogP contribution in [0.3, 0.4) is 0 Å². The van der Waals surface area contributed by atoms with E-state index in [-0.39, 0.29) is 23.9 Å². The van der Waals surface area contributed by atoms with Crippen LogP contribution in [0.25, 0.3) is 0 Å². The van der Waals surface area contributed by atoms with Crippen molar-refractivity contribution in [2.24, 2.45) is 5.92 Å². The predicted molar refractivity (Wildman–Crippen MR) is 85.1 cm³/mol. The highest BCUT2D eigenvalue weighted by molar-refractivity contribution is 7.10. The molecular weight excluding hydrogens is 284 g/mol. The molecule has 0 radical (unpaired) electrons. The molecule has 0 aromatic carbocycles. The van der Waals surface area contributed by atoms with E-state index in [1.54, 1.807) is 16.2 Å². The summed E-state index contributed by atoms with van der Waals surface area (Å²) in [5, 5.41) is 4.93. The van der Waals surface area contributed by atoms with Crippen LogP contribution in [0, 0.1) is 12.8 Å². The number of nitrogens with one attached hydrogen (secondary N) is 1. The fraction of sp³-hybridized carbons (Fsp3) is 0.625. The molecule has 1 N–H and O–H groups in total. The smallest absolute Gasteiger partial charge is 0.246 e. The lowest BCUT2D eigenvalue weighted by molar-refractivity contribution is -0.150. The van der Waals surface area contributed by atoms with Gasteiger partial charge in [-0.1, -0.05) is 20.8 Å². The van der Waals surface area contributed by atoms with E-state index in [4.69, 9.17) is 0 Å². The number of thiophene rings is 1. The van der Waals surface area contributed by atoms with Crippen molar-refractivity contribution in [1.82, 2.24) is 10.2 Å². The second-order valence-electron chi connectivity index (χ2n) is 6.11. The molecule has 5 heteroatoms. The molecule has 2 rings (SSSR count). The van der Waals surface area contributed by atoms with Gasteiger partial charge in [0.15, 0.2) is 0 Å². The minimum atomic E-state index is -0.374. The Morgan fingerprint density at radius 1 is 1.38 bits per heavy atom. The van der Waals surface area contributed by atoms with Gasteiger partial charge in [0.05, 0.1) is 6.54 Å². The summed E-state index contributed by atoms with van der Waals surface area (Å²) in [5.74, 6) is 0.419. The monoisotopic (exact) mass is 308 g/mol. The van der Waals surface area contributed by atoms with Crippen molar-refractivity contribution in [3.63, 3.8) is 0 Å². The van der Waals surface area contributed by atoms with Gasteiger partial charge in [-0.2, -0.15) is 0 Å². The molecule has 2 heterocycles. The van der Waals surface area contributed by atoms with Crippen molar-refractivity contribution in [2.75, 3.05) is 0 Å². The van der Waals surface area contributed by atoms with Crippen LogP contribution in [-0.2, 0) is 16.1 Å². The highest BCUT2D eigenvalue weighted by Gasteiger charge is 2.39. The molecule has 1 fully saturated rings. The number of hydrogen-bond acceptors (Lipinski definition) is 3. The summed E-state index contributed by atoms with van der Waals surface area (Å²) in [4.78, 5) is 27.9. The van der Waals surface area contributed by atoms with Crippen LogP contribution in [0.2, 0.25) is 0 Å². The van der Waals surface area contributed by atoms with Crippen molar-refractivity contribution >= 4 is 23.2 Å². The average molecular weight is 308 g/mol. The summed E-state index contributed by atoms with van der Waals surface area (Å²) in [6, 6.07) is 1.34. The molecule has 1 aromatic rings. The predicted octanol–water partition coefficient (Wildman–Crippen LogP) is 2.71. The standard InChI is InChI=1S/C16H24N2O2S/c1-5-13-15(19)17-12(8-10(2)3)16(20)18(13)9-14-11(4)6-7-21-14/h6-7,10,12-13H,5,8-9H2,1-4H3,(H,17,19). The molecule has 0 saturated carbocycles. The number of nitrogens with zero attached hydrogens (tertiary/aromatic N) is 1. The van der Waals surface area contributed by atoms with E-state index in [1.165, 1.54) is 10.4 Å². The Hall–Kier alpha value is -1.36. The first-order valence-corrected chi connectivity index (χ1v) is 8.45. The van der Waals surface area contributed by atoms with Gasteiger partial charge in [0.1, 0.15) is 12.1 Å². The molecule has 0 bridgehead atoms. The van der Waals surface area contributed by atoms with Gasteiger partial charge >= 0.3 is 0 Å². The Balaban J connectivity index is 2.22. The maximum Gasteiger partial charge on any atom is 0.246 e. The first kappa shape index (κ1) is 16.0. The number of rotatable bonds is 5. The van der Waals surface area contributed by atoms with Crippen LogP contribution in [0.15, 0.2) is 11.4 Å². The average Bonchev–Trinajstić information content (AvgIpc) is 2.80. The van der Waals surface area contributed by atoms with Crippen molar-refractivity contribution in [1.29, 1.82) is 0 Å². The molecule has 2 atom stereocenters. The van der Waals surface area contributed by atoms with Crippen LogP contribution >= 0.6 is 11.3 Å². The Bertz CT molecular complexity index is 524. The van der Waals surface area contributed by atoms with E-state index >= 15 is 0 Å². The van der Waals surface area contributed by atoms with Gasteiger partial charge in [0.25, 0.3) is 0 Å². The molecular formula is C16H24N2O2S. The molecule has 2 amide bonds. The molecule has 116 valence electrons. The number of hydrogen-bond donors (Lipinski definition) is 1. The van der Waals surface area contributed by atoms with Gasteiger partial charge < -0.3 is 10.2 Å². The molecule has 1 aromatic heterocycles. The SMILES string of the molecule is CCC1C(=O)NC(CC(C)C)C(=O)N1Cc1sccc1C. The van der Waals surface area contributed by atoms with Crippen LogP contribution in [0.4, 0.5) is 0 Å². The highest BCUT2D eigenvalue weighted by Crippen LogP contribution is 2.24. The fourth-order valence-corrected chi connectivity index (χ4v) is 3.67. The summed E-state index contributed by atoms with van der Waals surface area (Å²) in [6.45, 7) is 8.68. The minimum absolute atomic E-state index is 0.0167. The van der Waals surface area contributed by atoms with E-state index in [2.05, 4.69) is 25.2 Å². The first-order valence-electron chi connectivity index (χ1n) is 7.57. The lowest BCUT2D eigenvalue weighted by Crippen LogP contribution is -2.62. The molecule has 2 unspecified atom stereocenters. The quantitative estimate of drug-likeness (QED) is 0.909. The van der Waals surface area contributed by atoms with Crippen LogP contribution in [0.5, 0.6) is 0 Å². The molecule has 1 aliphatic heterocycles. The molecule has 0 aliphatic carbocycles. The van der Waals surface area contributed by atoms with E-state index in [1.807, 2.05) is 19.2 Å². The second kappa shape index (κ2) is 6.60. The molecule has 0 spiro atoms. The zero-order valence-electron chi connectivity index (χ0n) is 13.2. The van der Waals surface area contributed by atoms with Gasteiger partial charge in [-0.05, 0) is 42.7 Å². The topological polar surface area (TPSA) is 49.4 Å². The van der Waals surface area contributed by atoms with Crippen molar-refractivity contribution in [3.05, 3.63) is 21.9 Å². The normalized spacial score (nSPS) is 22.8. The summed E-state index contributed by atoms with van der Waals surface area (Å²) < 4.78 is 0. The number of amides is 2. The number of aryl methyl sites for hydroxylation is 1. The first-order chi connectivity index (χ1) is 9.93. The number of carbonyl (C=O) groups is 2. The summed E-state index contributed by atoms with van der Waals surface area (Å²) in [7, 11) is 0. The summed E-state index contributed by atoms with van der Waals surface area (Å²) in [5.41, 5.74) is 1.19. The molecule has 1 saturated heterocycles. The van der Waals surface area contributed by atoms with Crippen LogP contribution in [-0.4, -0.2) is 28.8 Å². The summed E-state index contributed by atoms with van der Waals surface area (Å²) in [6.07, 6.45) is 1.34. The Morgan fingerprint density at radius 2 is 2.10 bits per heavy atom. The van der Waals surface area contributed by atoms with Gasteiger partial charge in [-0.25, -0.2) is 0 Å². The van der Waals surface area contributed by atoms with E-state index in [0.29, 0.717) is 25.3 Å². The largest absolute Gasteiger partial charge is 0.342 e. The zero-order valence-corrected chi connectivity index (χ0v) is 14.0. The van der Waals surface area contributed by atoms with E-state index in [0.717, 1.165) is 0 Å². The lowest BCUT2D eigenvalue weighted by atomic mass is 9.97. The van der Waals surface area contributed by atoms with Gasteiger partial charge in [-0.3, -0.25) is 9.59 Å². The van der Waals surface area contributed by atoms with E-state index in [9.17, 15) is 9.59 Å². The van der Waals surface area contributed by atoms with Crippen LogP contribution < -0.4 is 5.32 Å². The van der Waals surface area contributed by atoms with Crippen molar-refractivity contribution in [2.45, 2.75) is 59.2 Å². The van der Waals surface area contributed by atoms with Gasteiger partial charge in [0, 0.05) is 4.88 Å². The zero-order chi connectivity index (χ0) is 15.6. The fourth-order valence-electron chi connectivity index (χ4n) is 2.77. The molecule has 21 heavy (non-hydrogen) atoms. The van der Waals surface area contributed by atoms with E-state index < -0.39 is 0 Å². The minimum Gasteiger partial charge on any atom is -0.342 e. The van der Waals surface area contributed by atoms with Crippen LogP contribution in [0.1, 0.15) is 44.1 Å². The maximum absolute atomic E-state index is 12.7. The number of piperazine rings is 1. The third kappa shape index (κ3) is 3.46. The maximum atomic E-state index is 12.7. The van der Waals surface area contributed by atoms with Crippen molar-refractivity contribution in [3.8, 4) is 0 Å². The molecule has 1 aliphatic rings. The van der Waals surface area contributed by atoms with Gasteiger partial charge in [-0.15, -0.1) is 11.3 Å².